The molecule has 3 nitrogen and oxygen atoms in total. The first-order valence-electron chi connectivity index (χ1n) is 8.60. The Hall–Kier alpha value is -3.07. The highest BCUT2D eigenvalue weighted by molar-refractivity contribution is 6.36. The van der Waals surface area contributed by atoms with Gasteiger partial charge in [-0.15, -0.1) is 0 Å². The highest BCUT2D eigenvalue weighted by Gasteiger charge is 2.31. The number of hydrogen-bond donors (Lipinski definition) is 0. The van der Waals surface area contributed by atoms with Crippen LogP contribution in [-0.4, -0.2) is 23.7 Å². The summed E-state index contributed by atoms with van der Waals surface area (Å²) >= 11 is 0. The van der Waals surface area contributed by atoms with E-state index in [-0.39, 0.29) is 0 Å². The molecule has 0 amide bonds. The molecular formula is C22H18N2O. The monoisotopic (exact) mass is 326 g/mol. The molecule has 5 rings (SSSR count). The summed E-state index contributed by atoms with van der Waals surface area (Å²) in [5.74, 6) is 1.00. The first-order chi connectivity index (χ1) is 12.4. The Balaban J connectivity index is 1.38. The third-order valence-corrected chi connectivity index (χ3v) is 4.82. The molecule has 0 N–H and O–H groups in total. The quantitative estimate of drug-likeness (QED) is 0.831. The molecule has 0 aliphatic carbocycles. The van der Waals surface area contributed by atoms with Gasteiger partial charge in [-0.25, -0.2) is 4.99 Å². The number of hydrogen-bond acceptors (Lipinski definition) is 3. The molecule has 0 bridgehead atoms. The fraction of sp³-hybridized carbons (Fsp3) is 0.136. The van der Waals surface area contributed by atoms with E-state index in [2.05, 4.69) is 53.5 Å². The van der Waals surface area contributed by atoms with Crippen molar-refractivity contribution in [3.63, 3.8) is 0 Å². The van der Waals surface area contributed by atoms with Gasteiger partial charge < -0.3 is 9.64 Å². The van der Waals surface area contributed by atoms with Crippen LogP contribution in [0.15, 0.2) is 89.3 Å². The number of ether oxygens (including phenoxy) is 1. The Bertz CT molecular complexity index is 951. The molecule has 3 heteroatoms. The molecule has 0 fully saturated rings. The maximum absolute atomic E-state index is 6.01. The molecule has 0 atom stereocenters. The second kappa shape index (κ2) is 5.78. The smallest absolute Gasteiger partial charge is 0.116 e. The van der Waals surface area contributed by atoms with Crippen molar-refractivity contribution >= 4 is 17.0 Å². The van der Waals surface area contributed by atoms with Crippen LogP contribution >= 0.6 is 0 Å². The topological polar surface area (TPSA) is 24.8 Å². The number of benzene rings is 2. The van der Waals surface area contributed by atoms with Crippen LogP contribution in [0.3, 0.4) is 0 Å². The van der Waals surface area contributed by atoms with Crippen molar-refractivity contribution in [2.45, 2.75) is 6.61 Å². The number of aliphatic imine (C=N–C) groups is 1. The summed E-state index contributed by atoms with van der Waals surface area (Å²) in [6.07, 6.45) is 6.51. The molecule has 122 valence electrons. The van der Waals surface area contributed by atoms with Gasteiger partial charge in [0.2, 0.25) is 0 Å². The number of nitrogens with zero attached hydrogens (tertiary/aromatic N) is 2. The molecule has 2 aromatic carbocycles. The normalized spacial score (nSPS) is 17.5. The van der Waals surface area contributed by atoms with Crippen LogP contribution in [0, 0.1) is 0 Å². The summed E-state index contributed by atoms with van der Waals surface area (Å²) < 4.78 is 6.01. The molecule has 3 aliphatic heterocycles. The second-order valence-corrected chi connectivity index (χ2v) is 6.44. The van der Waals surface area contributed by atoms with Crippen LogP contribution in [0.5, 0.6) is 0 Å². The van der Waals surface area contributed by atoms with Crippen molar-refractivity contribution in [1.29, 1.82) is 0 Å². The first-order valence-corrected chi connectivity index (χ1v) is 8.60. The summed E-state index contributed by atoms with van der Waals surface area (Å²) in [4.78, 5) is 7.17. The van der Waals surface area contributed by atoms with Crippen molar-refractivity contribution in [1.82, 2.24) is 4.90 Å². The lowest BCUT2D eigenvalue weighted by Crippen LogP contribution is -2.35. The molecule has 3 aliphatic rings. The number of allylic oxidation sites excluding steroid dienone is 3. The van der Waals surface area contributed by atoms with Crippen molar-refractivity contribution in [3.05, 3.63) is 95.4 Å². The molecule has 0 saturated carbocycles. The number of rotatable bonds is 3. The molecule has 0 unspecified atom stereocenters. The predicted octanol–water partition coefficient (Wildman–Crippen LogP) is 4.47. The summed E-state index contributed by atoms with van der Waals surface area (Å²) in [6, 6.07) is 18.6. The summed E-state index contributed by atoms with van der Waals surface area (Å²) in [6.45, 7) is 2.29. The predicted molar refractivity (Wildman–Crippen MR) is 100 cm³/mol. The van der Waals surface area contributed by atoms with Gasteiger partial charge in [-0.2, -0.15) is 0 Å². The fourth-order valence-corrected chi connectivity index (χ4v) is 3.55. The molecule has 0 saturated heterocycles. The lowest BCUT2D eigenvalue weighted by atomic mass is 9.95. The number of fused-ring (bicyclic) bond motifs is 5. The van der Waals surface area contributed by atoms with Gasteiger partial charge in [-0.05, 0) is 23.8 Å². The van der Waals surface area contributed by atoms with Gasteiger partial charge in [0, 0.05) is 17.7 Å². The Morgan fingerprint density at radius 2 is 1.80 bits per heavy atom. The van der Waals surface area contributed by atoms with Crippen molar-refractivity contribution in [3.8, 4) is 0 Å². The van der Waals surface area contributed by atoms with Gasteiger partial charge in [0.25, 0.3) is 0 Å². The van der Waals surface area contributed by atoms with E-state index < -0.39 is 0 Å². The van der Waals surface area contributed by atoms with Crippen LogP contribution in [0.4, 0.5) is 5.69 Å². The number of para-hydroxylation sites is 1. The van der Waals surface area contributed by atoms with E-state index in [0.717, 1.165) is 30.2 Å². The van der Waals surface area contributed by atoms with Crippen LogP contribution < -0.4 is 0 Å². The van der Waals surface area contributed by atoms with E-state index in [1.165, 1.54) is 22.4 Å². The molecular weight excluding hydrogens is 308 g/mol. The Kier molecular flexibility index (Phi) is 3.30. The molecule has 3 heterocycles. The zero-order valence-electron chi connectivity index (χ0n) is 13.9. The molecule has 0 aromatic heterocycles. The minimum atomic E-state index is 0.608. The van der Waals surface area contributed by atoms with Gasteiger partial charge in [-0.3, -0.25) is 0 Å². The SMILES string of the molecule is C1=C(OCc2ccccc2)CN2CC=C3C(=Nc4ccccc43)C2=C1. The maximum atomic E-state index is 6.01. The van der Waals surface area contributed by atoms with Crippen molar-refractivity contribution in [2.75, 3.05) is 13.1 Å². The highest BCUT2D eigenvalue weighted by Crippen LogP contribution is 2.40. The van der Waals surface area contributed by atoms with E-state index >= 15 is 0 Å². The van der Waals surface area contributed by atoms with E-state index in [1.54, 1.807) is 0 Å². The third kappa shape index (κ3) is 2.49. The highest BCUT2D eigenvalue weighted by atomic mass is 16.5. The lowest BCUT2D eigenvalue weighted by Gasteiger charge is -2.33. The van der Waals surface area contributed by atoms with E-state index in [0.29, 0.717) is 6.61 Å². The minimum absolute atomic E-state index is 0.608. The van der Waals surface area contributed by atoms with Gasteiger partial charge >= 0.3 is 0 Å². The zero-order valence-corrected chi connectivity index (χ0v) is 13.9. The average molecular weight is 326 g/mol. The van der Waals surface area contributed by atoms with Gasteiger partial charge in [-0.1, -0.05) is 54.6 Å². The first kappa shape index (κ1) is 14.3. The second-order valence-electron chi connectivity index (χ2n) is 6.44. The van der Waals surface area contributed by atoms with Crippen molar-refractivity contribution in [2.24, 2.45) is 4.99 Å². The van der Waals surface area contributed by atoms with Gasteiger partial charge in [0.15, 0.2) is 0 Å². The summed E-state index contributed by atoms with van der Waals surface area (Å²) in [5.41, 5.74) is 7.05. The van der Waals surface area contributed by atoms with E-state index in [4.69, 9.17) is 9.73 Å². The zero-order chi connectivity index (χ0) is 16.6. The minimum Gasteiger partial charge on any atom is -0.491 e. The average Bonchev–Trinajstić information content (AvgIpc) is 3.06. The molecule has 0 radical (unpaired) electrons. The van der Waals surface area contributed by atoms with Gasteiger partial charge in [0.1, 0.15) is 12.4 Å². The van der Waals surface area contributed by atoms with Gasteiger partial charge in [0.05, 0.1) is 23.6 Å². The summed E-state index contributed by atoms with van der Waals surface area (Å²) in [5, 5.41) is 0. The van der Waals surface area contributed by atoms with Crippen molar-refractivity contribution < 1.29 is 4.74 Å². The molecule has 0 spiro atoms. The standard InChI is InChI=1S/C22H18N2O/c1-2-6-16(7-3-1)15-25-17-10-11-21-22-19(12-13-24(21)14-17)18-8-4-5-9-20(18)23-22/h1-12H,13-15H2. The largest absolute Gasteiger partial charge is 0.491 e. The maximum Gasteiger partial charge on any atom is 0.116 e. The van der Waals surface area contributed by atoms with E-state index in [9.17, 15) is 0 Å². The van der Waals surface area contributed by atoms with Crippen LogP contribution in [0.25, 0.3) is 5.57 Å². The van der Waals surface area contributed by atoms with Crippen LogP contribution in [-0.2, 0) is 11.3 Å². The Morgan fingerprint density at radius 3 is 2.72 bits per heavy atom. The third-order valence-electron chi connectivity index (χ3n) is 4.82. The Morgan fingerprint density at radius 1 is 0.960 bits per heavy atom. The Labute approximate surface area is 147 Å². The van der Waals surface area contributed by atoms with Crippen LogP contribution in [0.1, 0.15) is 11.1 Å². The summed E-state index contributed by atoms with van der Waals surface area (Å²) in [7, 11) is 0. The molecule has 25 heavy (non-hydrogen) atoms. The molecule has 2 aromatic rings. The lowest BCUT2D eigenvalue weighted by molar-refractivity contribution is 0.172. The van der Waals surface area contributed by atoms with Crippen LogP contribution in [0.2, 0.25) is 0 Å². The fourth-order valence-electron chi connectivity index (χ4n) is 3.55. The van der Waals surface area contributed by atoms with E-state index in [1.807, 2.05) is 24.3 Å².